The van der Waals surface area contributed by atoms with Gasteiger partial charge >= 0.3 is 0 Å². The first-order valence-electron chi connectivity index (χ1n) is 7.94. The van der Waals surface area contributed by atoms with Gasteiger partial charge in [-0.15, -0.1) is 0 Å². The summed E-state index contributed by atoms with van der Waals surface area (Å²) >= 11 is 3.60. The zero-order valence-corrected chi connectivity index (χ0v) is 14.8. The van der Waals surface area contributed by atoms with Gasteiger partial charge in [0.15, 0.2) is 0 Å². The molecular formula is C17H27BrN2O. The van der Waals surface area contributed by atoms with Crippen molar-refractivity contribution in [2.24, 2.45) is 5.92 Å². The van der Waals surface area contributed by atoms with Crippen LogP contribution in [0.2, 0.25) is 0 Å². The fourth-order valence-electron chi connectivity index (χ4n) is 2.91. The van der Waals surface area contributed by atoms with Gasteiger partial charge in [0, 0.05) is 17.6 Å². The minimum absolute atomic E-state index is 0.687. The smallest absolute Gasteiger partial charge is 0.119 e. The normalized spacial score (nSPS) is 17.7. The average molecular weight is 355 g/mol. The molecule has 2 rings (SSSR count). The fourth-order valence-corrected chi connectivity index (χ4v) is 3.30. The molecule has 0 aromatic heterocycles. The van der Waals surface area contributed by atoms with Crippen LogP contribution in [0.15, 0.2) is 22.7 Å². The first-order chi connectivity index (χ1) is 10.2. The van der Waals surface area contributed by atoms with Gasteiger partial charge in [-0.05, 0) is 62.2 Å². The molecule has 3 nitrogen and oxygen atoms in total. The van der Waals surface area contributed by atoms with Gasteiger partial charge in [0.25, 0.3) is 0 Å². The van der Waals surface area contributed by atoms with Gasteiger partial charge < -0.3 is 15.0 Å². The molecule has 1 atom stereocenters. The number of piperidine rings is 1. The van der Waals surface area contributed by atoms with E-state index in [-0.39, 0.29) is 0 Å². The second-order valence-electron chi connectivity index (χ2n) is 6.05. The number of ether oxygens (including phenoxy) is 1. The van der Waals surface area contributed by atoms with Gasteiger partial charge in [0.1, 0.15) is 5.75 Å². The van der Waals surface area contributed by atoms with Gasteiger partial charge in [0.05, 0.1) is 7.11 Å². The van der Waals surface area contributed by atoms with E-state index < -0.39 is 0 Å². The average Bonchev–Trinajstić information content (AvgIpc) is 2.50. The lowest BCUT2D eigenvalue weighted by Gasteiger charge is -2.29. The maximum atomic E-state index is 5.28. The van der Waals surface area contributed by atoms with Crippen molar-refractivity contribution in [1.29, 1.82) is 0 Å². The van der Waals surface area contributed by atoms with Crippen molar-refractivity contribution in [1.82, 2.24) is 10.2 Å². The number of benzene rings is 1. The van der Waals surface area contributed by atoms with Crippen LogP contribution in [-0.4, -0.2) is 38.2 Å². The molecule has 1 aromatic rings. The Hall–Kier alpha value is -0.580. The molecule has 0 saturated carbocycles. The summed E-state index contributed by atoms with van der Waals surface area (Å²) in [4.78, 5) is 2.61. The number of hydrogen-bond donors (Lipinski definition) is 1. The predicted octanol–water partition coefficient (Wildman–Crippen LogP) is 3.67. The van der Waals surface area contributed by atoms with Crippen LogP contribution in [0.25, 0.3) is 0 Å². The van der Waals surface area contributed by atoms with Crippen molar-refractivity contribution < 1.29 is 4.74 Å². The van der Waals surface area contributed by atoms with E-state index in [0.29, 0.717) is 5.92 Å². The van der Waals surface area contributed by atoms with E-state index in [2.05, 4.69) is 39.1 Å². The number of nitrogens with one attached hydrogen (secondary N) is 1. The molecule has 0 radical (unpaired) electrons. The predicted molar refractivity (Wildman–Crippen MR) is 91.9 cm³/mol. The minimum atomic E-state index is 0.687. The van der Waals surface area contributed by atoms with E-state index in [0.717, 1.165) is 23.3 Å². The van der Waals surface area contributed by atoms with Crippen LogP contribution in [0.4, 0.5) is 0 Å². The van der Waals surface area contributed by atoms with Gasteiger partial charge in [-0.25, -0.2) is 0 Å². The molecule has 1 fully saturated rings. The third-order valence-electron chi connectivity index (χ3n) is 4.08. The molecule has 0 amide bonds. The van der Waals surface area contributed by atoms with Crippen molar-refractivity contribution >= 4 is 15.9 Å². The van der Waals surface area contributed by atoms with Crippen LogP contribution < -0.4 is 10.1 Å². The van der Waals surface area contributed by atoms with Crippen LogP contribution in [0.5, 0.6) is 5.75 Å². The molecule has 118 valence electrons. The maximum absolute atomic E-state index is 5.28. The van der Waals surface area contributed by atoms with E-state index in [1.165, 1.54) is 44.5 Å². The molecule has 1 heterocycles. The lowest BCUT2D eigenvalue weighted by molar-refractivity contribution is 0.199. The fraction of sp³-hybridized carbons (Fsp3) is 0.647. The Bertz CT molecular complexity index is 433. The molecule has 4 heteroatoms. The van der Waals surface area contributed by atoms with Crippen LogP contribution >= 0.6 is 15.9 Å². The van der Waals surface area contributed by atoms with E-state index in [1.54, 1.807) is 7.11 Å². The highest BCUT2D eigenvalue weighted by molar-refractivity contribution is 9.10. The Labute approximate surface area is 137 Å². The molecule has 0 aliphatic carbocycles. The summed E-state index contributed by atoms with van der Waals surface area (Å²) in [5.74, 6) is 1.60. The minimum Gasteiger partial charge on any atom is -0.497 e. The molecule has 1 aliphatic heterocycles. The maximum Gasteiger partial charge on any atom is 0.119 e. The van der Waals surface area contributed by atoms with Gasteiger partial charge in [-0.2, -0.15) is 0 Å². The number of nitrogens with zero attached hydrogens (tertiary/aromatic N) is 1. The summed E-state index contributed by atoms with van der Waals surface area (Å²) in [7, 11) is 1.71. The third-order valence-corrected chi connectivity index (χ3v) is 4.85. The van der Waals surface area contributed by atoms with Crippen molar-refractivity contribution in [2.75, 3.05) is 33.3 Å². The molecular weight excluding hydrogens is 328 g/mol. The van der Waals surface area contributed by atoms with Gasteiger partial charge in [0.2, 0.25) is 0 Å². The number of halogens is 1. The first kappa shape index (κ1) is 16.8. The van der Waals surface area contributed by atoms with E-state index in [4.69, 9.17) is 4.74 Å². The Morgan fingerprint density at radius 1 is 1.29 bits per heavy atom. The molecule has 1 aromatic carbocycles. The van der Waals surface area contributed by atoms with Crippen molar-refractivity contribution in [3.63, 3.8) is 0 Å². The van der Waals surface area contributed by atoms with Crippen LogP contribution in [0, 0.1) is 5.92 Å². The summed E-state index contributed by atoms with van der Waals surface area (Å²) in [6, 6.07) is 6.12. The lowest BCUT2D eigenvalue weighted by atomic mass is 10.1. The van der Waals surface area contributed by atoms with Crippen molar-refractivity contribution in [3.8, 4) is 5.75 Å². The van der Waals surface area contributed by atoms with Gasteiger partial charge in [-0.3, -0.25) is 0 Å². The van der Waals surface area contributed by atoms with Crippen LogP contribution in [-0.2, 0) is 6.54 Å². The zero-order valence-electron chi connectivity index (χ0n) is 13.2. The highest BCUT2D eigenvalue weighted by atomic mass is 79.9. The van der Waals surface area contributed by atoms with Crippen LogP contribution in [0.3, 0.4) is 0 Å². The molecule has 1 saturated heterocycles. The summed E-state index contributed by atoms with van der Waals surface area (Å²) < 4.78 is 6.42. The summed E-state index contributed by atoms with van der Waals surface area (Å²) in [6.45, 7) is 8.05. The molecule has 0 bridgehead atoms. The topological polar surface area (TPSA) is 24.5 Å². The lowest BCUT2D eigenvalue weighted by Crippen LogP contribution is -2.36. The second-order valence-corrected chi connectivity index (χ2v) is 6.91. The van der Waals surface area contributed by atoms with Crippen molar-refractivity contribution in [2.45, 2.75) is 32.7 Å². The van der Waals surface area contributed by atoms with E-state index >= 15 is 0 Å². The van der Waals surface area contributed by atoms with Gasteiger partial charge in [-0.1, -0.05) is 29.3 Å². The number of methoxy groups -OCH3 is 1. The largest absolute Gasteiger partial charge is 0.497 e. The molecule has 0 spiro atoms. The Morgan fingerprint density at radius 2 is 2.05 bits per heavy atom. The van der Waals surface area contributed by atoms with E-state index in [9.17, 15) is 0 Å². The first-order valence-corrected chi connectivity index (χ1v) is 8.74. The highest BCUT2D eigenvalue weighted by Crippen LogP contribution is 2.22. The molecule has 1 unspecified atom stereocenters. The number of hydrogen-bond acceptors (Lipinski definition) is 3. The third kappa shape index (κ3) is 5.61. The molecule has 1 N–H and O–H groups in total. The summed E-state index contributed by atoms with van der Waals surface area (Å²) in [6.07, 6.45) is 4.15. The number of likely N-dealkylation sites (tertiary alicyclic amines) is 1. The van der Waals surface area contributed by atoms with Crippen LogP contribution in [0.1, 0.15) is 31.7 Å². The monoisotopic (exact) mass is 354 g/mol. The quantitative estimate of drug-likeness (QED) is 0.808. The molecule has 21 heavy (non-hydrogen) atoms. The summed E-state index contributed by atoms with van der Waals surface area (Å²) in [5, 5.41) is 3.57. The highest BCUT2D eigenvalue weighted by Gasteiger charge is 2.13. The SMILES string of the molecule is COc1ccc(Br)c(CNCC(C)CN2CCCCC2)c1. The number of rotatable bonds is 7. The zero-order chi connectivity index (χ0) is 15.1. The summed E-state index contributed by atoms with van der Waals surface area (Å²) in [5.41, 5.74) is 1.25. The Morgan fingerprint density at radius 3 is 2.76 bits per heavy atom. The second kappa shape index (κ2) is 8.76. The van der Waals surface area contributed by atoms with E-state index in [1.807, 2.05) is 12.1 Å². The standard InChI is InChI=1S/C17H27BrN2O/c1-14(13-20-8-4-3-5-9-20)11-19-12-15-10-16(21-2)6-7-17(15)18/h6-7,10,14,19H,3-5,8-9,11-13H2,1-2H3. The van der Waals surface area contributed by atoms with Crippen molar-refractivity contribution in [3.05, 3.63) is 28.2 Å². The molecule has 1 aliphatic rings. The Balaban J connectivity index is 1.73. The Kier molecular flexibility index (Phi) is 7.00.